The van der Waals surface area contributed by atoms with Crippen molar-refractivity contribution in [2.24, 2.45) is 0 Å². The summed E-state index contributed by atoms with van der Waals surface area (Å²) < 4.78 is 15.9. The lowest BCUT2D eigenvalue weighted by molar-refractivity contribution is 0.355. The van der Waals surface area contributed by atoms with Gasteiger partial charge in [-0.3, -0.25) is 0 Å². The quantitative estimate of drug-likeness (QED) is 0.609. The first kappa shape index (κ1) is 15.9. The first-order chi connectivity index (χ1) is 11.7. The molecule has 1 aromatic carbocycles. The summed E-state index contributed by atoms with van der Waals surface area (Å²) >= 11 is 1.51. The number of allylic oxidation sites excluding steroid dienone is 1. The topological polar surface area (TPSA) is 55.4 Å². The van der Waals surface area contributed by atoms with Gasteiger partial charge in [0.2, 0.25) is 0 Å². The third-order valence-electron chi connectivity index (χ3n) is 3.51. The Bertz CT molecular complexity index is 901. The predicted octanol–water partition coefficient (Wildman–Crippen LogP) is 5.09. The number of methoxy groups -OCH3 is 2. The molecule has 120 valence electrons. The summed E-state index contributed by atoms with van der Waals surface area (Å²) in [4.78, 5) is 0.888. The molecule has 0 radical (unpaired) electrons. The average molecular weight is 337 g/mol. The Labute approximate surface area is 144 Å². The lowest BCUT2D eigenvalue weighted by Gasteiger charge is -2.07. The number of thiophene rings is 1. The van der Waals surface area contributed by atoms with E-state index in [9.17, 15) is 5.26 Å². The molecule has 0 unspecified atom stereocenters. The van der Waals surface area contributed by atoms with Gasteiger partial charge in [0.05, 0.1) is 26.1 Å². The number of nitrogens with zero attached hydrogens (tertiary/aromatic N) is 1. The first-order valence-corrected chi connectivity index (χ1v) is 8.09. The fourth-order valence-corrected chi connectivity index (χ4v) is 3.18. The molecule has 2 aromatic heterocycles. The maximum absolute atomic E-state index is 9.52. The molecular formula is C19H15NO3S. The van der Waals surface area contributed by atoms with Crippen LogP contribution in [0.4, 0.5) is 0 Å². The van der Waals surface area contributed by atoms with Gasteiger partial charge in [0.1, 0.15) is 11.8 Å². The Morgan fingerprint density at radius 2 is 2.00 bits per heavy atom. The highest BCUT2D eigenvalue weighted by Crippen LogP contribution is 2.33. The molecule has 0 spiro atoms. The summed E-state index contributed by atoms with van der Waals surface area (Å²) in [6, 6.07) is 13.5. The van der Waals surface area contributed by atoms with Crippen LogP contribution in [0.5, 0.6) is 11.5 Å². The molecule has 24 heavy (non-hydrogen) atoms. The van der Waals surface area contributed by atoms with E-state index in [-0.39, 0.29) is 0 Å². The third kappa shape index (κ3) is 3.19. The Balaban J connectivity index is 1.94. The number of hydrogen-bond acceptors (Lipinski definition) is 5. The molecule has 0 aliphatic heterocycles. The second-order valence-electron chi connectivity index (χ2n) is 4.96. The summed E-state index contributed by atoms with van der Waals surface area (Å²) in [7, 11) is 3.18. The van der Waals surface area contributed by atoms with Crippen molar-refractivity contribution in [3.8, 4) is 28.9 Å². The van der Waals surface area contributed by atoms with Gasteiger partial charge in [0, 0.05) is 15.8 Å². The number of rotatable bonds is 5. The predicted molar refractivity (Wildman–Crippen MR) is 95.1 cm³/mol. The molecule has 0 N–H and O–H groups in total. The van der Waals surface area contributed by atoms with E-state index in [1.807, 2.05) is 47.9 Å². The van der Waals surface area contributed by atoms with Crippen LogP contribution in [-0.4, -0.2) is 14.2 Å². The minimum Gasteiger partial charge on any atom is -0.493 e. The van der Waals surface area contributed by atoms with E-state index in [4.69, 9.17) is 13.9 Å². The Hall–Kier alpha value is -2.97. The maximum Gasteiger partial charge on any atom is 0.161 e. The molecule has 0 aliphatic rings. The van der Waals surface area contributed by atoms with Crippen LogP contribution in [0.25, 0.3) is 23.0 Å². The van der Waals surface area contributed by atoms with Crippen molar-refractivity contribution in [2.45, 2.75) is 0 Å². The van der Waals surface area contributed by atoms with Crippen LogP contribution < -0.4 is 9.47 Å². The monoisotopic (exact) mass is 337 g/mol. The van der Waals surface area contributed by atoms with Gasteiger partial charge in [0.25, 0.3) is 0 Å². The van der Waals surface area contributed by atoms with E-state index in [2.05, 4.69) is 6.07 Å². The van der Waals surface area contributed by atoms with Crippen LogP contribution in [0.15, 0.2) is 52.5 Å². The van der Waals surface area contributed by atoms with Gasteiger partial charge in [-0.1, -0.05) is 6.07 Å². The highest BCUT2D eigenvalue weighted by atomic mass is 32.1. The van der Waals surface area contributed by atoms with E-state index >= 15 is 0 Å². The average Bonchev–Trinajstić information content (AvgIpc) is 3.30. The van der Waals surface area contributed by atoms with Gasteiger partial charge >= 0.3 is 0 Å². The fraction of sp³-hybridized carbons (Fsp3) is 0.105. The van der Waals surface area contributed by atoms with Crippen molar-refractivity contribution in [3.63, 3.8) is 0 Å². The summed E-state index contributed by atoms with van der Waals surface area (Å²) in [5, 5.41) is 11.5. The molecule has 0 fully saturated rings. The number of benzene rings is 1. The lowest BCUT2D eigenvalue weighted by Crippen LogP contribution is -1.90. The summed E-state index contributed by atoms with van der Waals surface area (Å²) in [6.07, 6.45) is 3.47. The molecule has 0 saturated heterocycles. The molecule has 0 bridgehead atoms. The smallest absolute Gasteiger partial charge is 0.161 e. The normalized spacial score (nSPS) is 11.1. The molecule has 0 atom stereocenters. The Kier molecular flexibility index (Phi) is 4.69. The standard InChI is InChI=1S/C19H15NO3S/c1-21-17-6-5-13(9-18(17)22-2)8-14(11-20)19-10-15(12-24-19)16-4-3-7-23-16/h3-10,12H,1-2H3. The largest absolute Gasteiger partial charge is 0.493 e. The number of hydrogen-bond donors (Lipinski definition) is 0. The third-order valence-corrected chi connectivity index (χ3v) is 4.47. The first-order valence-electron chi connectivity index (χ1n) is 7.21. The minimum atomic E-state index is 0.588. The van der Waals surface area contributed by atoms with Gasteiger partial charge in [-0.25, -0.2) is 0 Å². The molecule has 5 heteroatoms. The molecule has 0 amide bonds. The van der Waals surface area contributed by atoms with Crippen LogP contribution in [0.3, 0.4) is 0 Å². The second kappa shape index (κ2) is 7.07. The van der Waals surface area contributed by atoms with Gasteiger partial charge in [-0.2, -0.15) is 5.26 Å². The number of ether oxygens (including phenoxy) is 2. The zero-order chi connectivity index (χ0) is 16.9. The van der Waals surface area contributed by atoms with Crippen molar-refractivity contribution in [1.82, 2.24) is 0 Å². The van der Waals surface area contributed by atoms with Crippen LogP contribution >= 0.6 is 11.3 Å². The van der Waals surface area contributed by atoms with E-state index in [0.717, 1.165) is 21.8 Å². The zero-order valence-electron chi connectivity index (χ0n) is 13.3. The molecule has 0 saturated carbocycles. The van der Waals surface area contributed by atoms with E-state index in [1.165, 1.54) is 11.3 Å². The summed E-state index contributed by atoms with van der Waals surface area (Å²) in [6.45, 7) is 0. The molecule has 3 rings (SSSR count). The van der Waals surface area contributed by atoms with Crippen molar-refractivity contribution in [3.05, 3.63) is 58.5 Å². The highest BCUT2D eigenvalue weighted by molar-refractivity contribution is 7.11. The van der Waals surface area contributed by atoms with Gasteiger partial charge in [-0.15, -0.1) is 11.3 Å². The maximum atomic E-state index is 9.52. The van der Waals surface area contributed by atoms with Gasteiger partial charge in [0.15, 0.2) is 11.5 Å². The highest BCUT2D eigenvalue weighted by Gasteiger charge is 2.10. The van der Waals surface area contributed by atoms with Crippen molar-refractivity contribution in [1.29, 1.82) is 5.26 Å². The van der Waals surface area contributed by atoms with Crippen LogP contribution in [-0.2, 0) is 0 Å². The number of furan rings is 1. The Morgan fingerprint density at radius 3 is 2.67 bits per heavy atom. The molecule has 3 aromatic rings. The molecule has 4 nitrogen and oxygen atoms in total. The van der Waals surface area contributed by atoms with Crippen LogP contribution in [0, 0.1) is 11.3 Å². The van der Waals surface area contributed by atoms with E-state index < -0.39 is 0 Å². The van der Waals surface area contributed by atoms with Crippen LogP contribution in [0.2, 0.25) is 0 Å². The van der Waals surface area contributed by atoms with Crippen molar-refractivity contribution >= 4 is 23.0 Å². The molecule has 0 aliphatic carbocycles. The lowest BCUT2D eigenvalue weighted by atomic mass is 10.1. The van der Waals surface area contributed by atoms with Gasteiger partial charge < -0.3 is 13.9 Å². The van der Waals surface area contributed by atoms with E-state index in [0.29, 0.717) is 17.1 Å². The SMILES string of the molecule is COc1ccc(C=C(C#N)c2cc(-c3ccco3)cs2)cc1OC. The van der Waals surface area contributed by atoms with Crippen molar-refractivity contribution < 1.29 is 13.9 Å². The van der Waals surface area contributed by atoms with Crippen molar-refractivity contribution in [2.75, 3.05) is 14.2 Å². The zero-order valence-corrected chi connectivity index (χ0v) is 14.1. The second-order valence-corrected chi connectivity index (χ2v) is 5.87. The fourth-order valence-electron chi connectivity index (χ4n) is 2.32. The Morgan fingerprint density at radius 1 is 1.17 bits per heavy atom. The molecular weight excluding hydrogens is 322 g/mol. The van der Waals surface area contributed by atoms with Crippen LogP contribution in [0.1, 0.15) is 10.4 Å². The summed E-state index contributed by atoms with van der Waals surface area (Å²) in [5.41, 5.74) is 2.43. The number of nitriles is 1. The molecule has 2 heterocycles. The summed E-state index contributed by atoms with van der Waals surface area (Å²) in [5.74, 6) is 2.08. The van der Waals surface area contributed by atoms with E-state index in [1.54, 1.807) is 20.5 Å². The minimum absolute atomic E-state index is 0.588. The van der Waals surface area contributed by atoms with Gasteiger partial charge in [-0.05, 0) is 42.0 Å².